The van der Waals surface area contributed by atoms with E-state index in [1.807, 2.05) is 6.07 Å². The van der Waals surface area contributed by atoms with Gasteiger partial charge in [0.25, 0.3) is 0 Å². The van der Waals surface area contributed by atoms with Gasteiger partial charge in [-0.25, -0.2) is 0 Å². The summed E-state index contributed by atoms with van der Waals surface area (Å²) in [6.07, 6.45) is 0. The number of para-hydroxylation sites is 2. The van der Waals surface area contributed by atoms with Crippen molar-refractivity contribution >= 4 is 43.7 Å². The van der Waals surface area contributed by atoms with E-state index in [9.17, 15) is 0 Å². The number of rotatable bonds is 3. The van der Waals surface area contributed by atoms with Gasteiger partial charge in [-0.1, -0.05) is 139 Å². The van der Waals surface area contributed by atoms with Crippen LogP contribution < -0.4 is 0 Å². The molecule has 2 heteroatoms. The van der Waals surface area contributed by atoms with Crippen molar-refractivity contribution in [3.8, 4) is 27.9 Å². The third-order valence-electron chi connectivity index (χ3n) is 9.55. The summed E-state index contributed by atoms with van der Waals surface area (Å²) in [5.74, 6) is 0. The van der Waals surface area contributed by atoms with Crippen LogP contribution in [0.2, 0.25) is 0 Å². The molecule has 0 bridgehead atoms. The number of nitrogens with zero attached hydrogens (tertiary/aromatic N) is 1. The maximum absolute atomic E-state index is 6.31. The predicted molar refractivity (Wildman–Crippen MR) is 196 cm³/mol. The SMILES string of the molecule is CC(C)(C)c1ccc2c3ccc(C(C)(C)C)cc3n(-c3ccccc3-c3ccccc3-c3cccc4oc5ccccc5c34)c2c1. The molecule has 8 rings (SSSR count). The van der Waals surface area contributed by atoms with Gasteiger partial charge in [0, 0.05) is 27.1 Å². The Morgan fingerprint density at radius 3 is 1.57 bits per heavy atom. The molecule has 46 heavy (non-hydrogen) atoms. The van der Waals surface area contributed by atoms with Gasteiger partial charge in [-0.3, -0.25) is 0 Å². The van der Waals surface area contributed by atoms with Gasteiger partial charge in [-0.15, -0.1) is 0 Å². The highest BCUT2D eigenvalue weighted by Crippen LogP contribution is 2.44. The number of hydrogen-bond donors (Lipinski definition) is 0. The topological polar surface area (TPSA) is 18.1 Å². The van der Waals surface area contributed by atoms with Gasteiger partial charge in [-0.2, -0.15) is 0 Å². The molecule has 0 aliphatic carbocycles. The number of fused-ring (bicyclic) bond motifs is 6. The highest BCUT2D eigenvalue weighted by atomic mass is 16.3. The molecule has 2 heterocycles. The van der Waals surface area contributed by atoms with Crippen LogP contribution >= 0.6 is 0 Å². The average molecular weight is 598 g/mol. The molecule has 0 unspecified atom stereocenters. The van der Waals surface area contributed by atoms with E-state index in [1.54, 1.807) is 0 Å². The minimum atomic E-state index is 0.0320. The lowest BCUT2D eigenvalue weighted by atomic mass is 9.86. The van der Waals surface area contributed by atoms with Crippen LogP contribution in [-0.4, -0.2) is 4.57 Å². The Hall–Kier alpha value is -5.08. The second kappa shape index (κ2) is 10.2. The van der Waals surface area contributed by atoms with Crippen molar-refractivity contribution in [3.05, 3.63) is 139 Å². The van der Waals surface area contributed by atoms with Crippen molar-refractivity contribution in [2.45, 2.75) is 52.4 Å². The van der Waals surface area contributed by atoms with Gasteiger partial charge < -0.3 is 8.98 Å². The minimum absolute atomic E-state index is 0.0320. The molecule has 0 fully saturated rings. The first kappa shape index (κ1) is 28.4. The monoisotopic (exact) mass is 597 g/mol. The van der Waals surface area contributed by atoms with Crippen LogP contribution in [-0.2, 0) is 10.8 Å². The quantitative estimate of drug-likeness (QED) is 0.198. The standard InChI is InChI=1S/C44H39NO/c1-43(2,3)28-22-24-33-34-25-23-29(44(4,5)6)27-39(34)45(38(33)26-28)37-19-11-9-16-32(37)30-14-7-8-15-31(30)35-18-13-21-41-42(35)36-17-10-12-20-40(36)46-41/h7-27H,1-6H3. The van der Waals surface area contributed by atoms with Crippen LogP contribution in [0.5, 0.6) is 0 Å². The summed E-state index contributed by atoms with van der Waals surface area (Å²) in [6.45, 7) is 13.8. The van der Waals surface area contributed by atoms with E-state index in [1.165, 1.54) is 60.9 Å². The van der Waals surface area contributed by atoms with Crippen molar-refractivity contribution < 1.29 is 4.42 Å². The molecule has 0 atom stereocenters. The van der Waals surface area contributed by atoms with Crippen LogP contribution in [0.1, 0.15) is 52.7 Å². The molecule has 6 aromatic carbocycles. The van der Waals surface area contributed by atoms with Crippen LogP contribution in [0, 0.1) is 0 Å². The molecule has 8 aromatic rings. The number of aromatic nitrogens is 1. The van der Waals surface area contributed by atoms with Crippen molar-refractivity contribution in [3.63, 3.8) is 0 Å². The fourth-order valence-electron chi connectivity index (χ4n) is 7.06. The van der Waals surface area contributed by atoms with E-state index >= 15 is 0 Å². The predicted octanol–water partition coefficient (Wildman–Crippen LogP) is 12.6. The fourth-order valence-corrected chi connectivity index (χ4v) is 7.06. The second-order valence-electron chi connectivity index (χ2n) is 14.6. The van der Waals surface area contributed by atoms with Crippen molar-refractivity contribution in [1.82, 2.24) is 4.57 Å². The largest absolute Gasteiger partial charge is 0.456 e. The first-order chi connectivity index (χ1) is 22.1. The molecule has 226 valence electrons. The Morgan fingerprint density at radius 1 is 0.435 bits per heavy atom. The van der Waals surface area contributed by atoms with Crippen LogP contribution in [0.25, 0.3) is 71.7 Å². The maximum atomic E-state index is 6.31. The van der Waals surface area contributed by atoms with E-state index in [4.69, 9.17) is 4.42 Å². The second-order valence-corrected chi connectivity index (χ2v) is 14.6. The Morgan fingerprint density at radius 2 is 0.935 bits per heavy atom. The summed E-state index contributed by atoms with van der Waals surface area (Å²) in [4.78, 5) is 0. The minimum Gasteiger partial charge on any atom is -0.456 e. The highest BCUT2D eigenvalue weighted by Gasteiger charge is 2.23. The molecule has 0 aliphatic rings. The third kappa shape index (κ3) is 4.47. The zero-order valence-corrected chi connectivity index (χ0v) is 27.5. The van der Waals surface area contributed by atoms with Gasteiger partial charge >= 0.3 is 0 Å². The smallest absolute Gasteiger partial charge is 0.136 e. The van der Waals surface area contributed by atoms with Crippen molar-refractivity contribution in [2.24, 2.45) is 0 Å². The van der Waals surface area contributed by atoms with Crippen LogP contribution in [0.15, 0.2) is 132 Å². The summed E-state index contributed by atoms with van der Waals surface area (Å²) in [5, 5.41) is 4.86. The van der Waals surface area contributed by atoms with E-state index in [2.05, 4.69) is 167 Å². The number of furan rings is 1. The zero-order valence-electron chi connectivity index (χ0n) is 27.5. The zero-order chi connectivity index (χ0) is 31.8. The molecular weight excluding hydrogens is 558 g/mol. The molecule has 0 N–H and O–H groups in total. The van der Waals surface area contributed by atoms with Gasteiger partial charge in [0.15, 0.2) is 0 Å². The fraction of sp³-hybridized carbons (Fsp3) is 0.182. The van der Waals surface area contributed by atoms with E-state index in [0.29, 0.717) is 0 Å². The summed E-state index contributed by atoms with van der Waals surface area (Å²) in [5.41, 5.74) is 13.0. The van der Waals surface area contributed by atoms with Crippen molar-refractivity contribution in [2.75, 3.05) is 0 Å². The number of benzene rings is 6. The Kier molecular flexibility index (Phi) is 6.31. The maximum Gasteiger partial charge on any atom is 0.136 e. The van der Waals surface area contributed by atoms with Gasteiger partial charge in [0.1, 0.15) is 11.2 Å². The van der Waals surface area contributed by atoms with Crippen LogP contribution in [0.3, 0.4) is 0 Å². The van der Waals surface area contributed by atoms with Gasteiger partial charge in [0.2, 0.25) is 0 Å². The van der Waals surface area contributed by atoms with Gasteiger partial charge in [-0.05, 0) is 69.0 Å². The Bertz CT molecular complexity index is 2370. The molecule has 0 saturated heterocycles. The van der Waals surface area contributed by atoms with E-state index in [0.717, 1.165) is 21.9 Å². The molecule has 0 aliphatic heterocycles. The van der Waals surface area contributed by atoms with Crippen molar-refractivity contribution in [1.29, 1.82) is 0 Å². The summed E-state index contributed by atoms with van der Waals surface area (Å²) < 4.78 is 8.82. The molecule has 0 saturated carbocycles. The summed E-state index contributed by atoms with van der Waals surface area (Å²) >= 11 is 0. The molecule has 0 radical (unpaired) electrons. The number of hydrogen-bond acceptors (Lipinski definition) is 1. The normalized spacial score (nSPS) is 12.6. The first-order valence-electron chi connectivity index (χ1n) is 16.3. The molecule has 2 nitrogen and oxygen atoms in total. The molecule has 0 amide bonds. The molecule has 2 aromatic heterocycles. The van der Waals surface area contributed by atoms with E-state index in [-0.39, 0.29) is 10.8 Å². The molecule has 0 spiro atoms. The Balaban J connectivity index is 1.45. The summed E-state index contributed by atoms with van der Waals surface area (Å²) in [6, 6.07) is 46.6. The summed E-state index contributed by atoms with van der Waals surface area (Å²) in [7, 11) is 0. The van der Waals surface area contributed by atoms with Crippen LogP contribution in [0.4, 0.5) is 0 Å². The third-order valence-corrected chi connectivity index (χ3v) is 9.55. The molecular formula is C44H39NO. The van der Waals surface area contributed by atoms with E-state index < -0.39 is 0 Å². The lowest BCUT2D eigenvalue weighted by molar-refractivity contribution is 0.591. The lowest BCUT2D eigenvalue weighted by Crippen LogP contribution is -2.11. The average Bonchev–Trinajstić information content (AvgIpc) is 3.59. The Labute approximate surface area is 270 Å². The first-order valence-corrected chi connectivity index (χ1v) is 16.3. The van der Waals surface area contributed by atoms with Gasteiger partial charge in [0.05, 0.1) is 16.7 Å². The highest BCUT2D eigenvalue weighted by molar-refractivity contribution is 6.14. The lowest BCUT2D eigenvalue weighted by Gasteiger charge is -2.21.